The van der Waals surface area contributed by atoms with E-state index in [-0.39, 0.29) is 5.91 Å². The average molecular weight is 276 g/mol. The maximum absolute atomic E-state index is 12.1. The second-order valence-electron chi connectivity index (χ2n) is 5.33. The molecule has 5 heteroatoms. The van der Waals surface area contributed by atoms with Crippen molar-refractivity contribution in [2.24, 2.45) is 0 Å². The number of nitrogens with one attached hydrogen (secondary N) is 2. The Labute approximate surface area is 120 Å². The molecule has 1 aromatic rings. The molecule has 1 saturated heterocycles. The van der Waals surface area contributed by atoms with Gasteiger partial charge in [0.15, 0.2) is 0 Å². The van der Waals surface area contributed by atoms with Gasteiger partial charge in [0.05, 0.1) is 29.8 Å². The van der Waals surface area contributed by atoms with Gasteiger partial charge in [0, 0.05) is 13.1 Å². The van der Waals surface area contributed by atoms with Crippen LogP contribution in [0.5, 0.6) is 0 Å². The highest BCUT2D eigenvalue weighted by molar-refractivity contribution is 5.92. The first-order chi connectivity index (χ1) is 9.63. The lowest BCUT2D eigenvalue weighted by Gasteiger charge is -2.22. The van der Waals surface area contributed by atoms with Crippen LogP contribution in [0.2, 0.25) is 0 Å². The van der Waals surface area contributed by atoms with Crippen LogP contribution in [0, 0.1) is 6.92 Å². The topological polar surface area (TPSA) is 57.3 Å². The quantitative estimate of drug-likeness (QED) is 0.866. The van der Waals surface area contributed by atoms with E-state index in [4.69, 9.17) is 0 Å². The van der Waals surface area contributed by atoms with Crippen LogP contribution in [0.1, 0.15) is 31.9 Å². The number of pyridine rings is 1. The molecule has 0 bridgehead atoms. The van der Waals surface area contributed by atoms with E-state index in [9.17, 15) is 4.79 Å². The van der Waals surface area contributed by atoms with Crippen LogP contribution in [0.15, 0.2) is 12.3 Å². The van der Waals surface area contributed by atoms with Crippen molar-refractivity contribution in [1.29, 1.82) is 0 Å². The summed E-state index contributed by atoms with van der Waals surface area (Å²) in [5.74, 6) is 0.0399. The molecule has 1 atom stereocenters. The Morgan fingerprint density at radius 3 is 3.05 bits per heavy atom. The van der Waals surface area contributed by atoms with E-state index in [1.165, 1.54) is 12.8 Å². The van der Waals surface area contributed by atoms with Crippen LogP contribution in [0.4, 0.5) is 11.4 Å². The summed E-state index contributed by atoms with van der Waals surface area (Å²) in [5.41, 5.74) is 2.61. The Kier molecular flexibility index (Phi) is 4.95. The standard InChI is InChI=1S/C15H24N4O/c1-4-13-6-5-7-19(13)10-15(20)18-12-8-14(16-3)11(2)17-9-12/h8-9,13,16H,4-7,10H2,1-3H3,(H,18,20). The van der Waals surface area contributed by atoms with Crippen molar-refractivity contribution < 1.29 is 4.79 Å². The van der Waals surface area contributed by atoms with Crippen LogP contribution in [-0.2, 0) is 4.79 Å². The first-order valence-electron chi connectivity index (χ1n) is 7.32. The number of carbonyl (C=O) groups excluding carboxylic acids is 1. The summed E-state index contributed by atoms with van der Waals surface area (Å²) in [6.45, 7) is 5.62. The largest absolute Gasteiger partial charge is 0.387 e. The highest BCUT2D eigenvalue weighted by atomic mass is 16.2. The van der Waals surface area contributed by atoms with Crippen molar-refractivity contribution in [2.45, 2.75) is 39.2 Å². The zero-order valence-electron chi connectivity index (χ0n) is 12.6. The number of nitrogens with zero attached hydrogens (tertiary/aromatic N) is 2. The molecule has 2 heterocycles. The monoisotopic (exact) mass is 276 g/mol. The molecule has 0 aromatic carbocycles. The number of aryl methyl sites for hydroxylation is 1. The zero-order valence-corrected chi connectivity index (χ0v) is 12.6. The molecular weight excluding hydrogens is 252 g/mol. The van der Waals surface area contributed by atoms with Crippen molar-refractivity contribution in [3.05, 3.63) is 18.0 Å². The number of anilines is 2. The van der Waals surface area contributed by atoms with E-state index in [1.807, 2.05) is 20.0 Å². The number of carbonyl (C=O) groups is 1. The predicted molar refractivity (Wildman–Crippen MR) is 82.0 cm³/mol. The number of hydrogen-bond donors (Lipinski definition) is 2. The van der Waals surface area contributed by atoms with Crippen molar-refractivity contribution in [1.82, 2.24) is 9.88 Å². The van der Waals surface area contributed by atoms with Crippen molar-refractivity contribution >= 4 is 17.3 Å². The maximum atomic E-state index is 12.1. The molecule has 1 aliphatic heterocycles. The minimum Gasteiger partial charge on any atom is -0.387 e. The number of aromatic nitrogens is 1. The molecule has 0 saturated carbocycles. The lowest BCUT2D eigenvalue weighted by atomic mass is 10.2. The molecule has 0 radical (unpaired) electrons. The molecule has 1 aromatic heterocycles. The van der Waals surface area contributed by atoms with Crippen LogP contribution < -0.4 is 10.6 Å². The Morgan fingerprint density at radius 2 is 2.35 bits per heavy atom. The zero-order chi connectivity index (χ0) is 14.5. The fourth-order valence-corrected chi connectivity index (χ4v) is 2.81. The van der Waals surface area contributed by atoms with E-state index >= 15 is 0 Å². The molecule has 0 aliphatic carbocycles. The highest BCUT2D eigenvalue weighted by Crippen LogP contribution is 2.20. The Hall–Kier alpha value is -1.62. The van der Waals surface area contributed by atoms with Gasteiger partial charge in [-0.05, 0) is 38.8 Å². The summed E-state index contributed by atoms with van der Waals surface area (Å²) in [7, 11) is 1.85. The van der Waals surface area contributed by atoms with E-state index < -0.39 is 0 Å². The van der Waals surface area contributed by atoms with Gasteiger partial charge in [-0.2, -0.15) is 0 Å². The molecule has 1 unspecified atom stereocenters. The Morgan fingerprint density at radius 1 is 1.55 bits per heavy atom. The van der Waals surface area contributed by atoms with Gasteiger partial charge < -0.3 is 10.6 Å². The molecular formula is C15H24N4O. The number of hydrogen-bond acceptors (Lipinski definition) is 4. The first-order valence-corrected chi connectivity index (χ1v) is 7.32. The fourth-order valence-electron chi connectivity index (χ4n) is 2.81. The highest BCUT2D eigenvalue weighted by Gasteiger charge is 2.24. The van der Waals surface area contributed by atoms with Crippen LogP contribution in [-0.4, -0.2) is 42.0 Å². The van der Waals surface area contributed by atoms with Gasteiger partial charge >= 0.3 is 0 Å². The van der Waals surface area contributed by atoms with E-state index in [1.54, 1.807) is 6.20 Å². The van der Waals surface area contributed by atoms with Gasteiger partial charge in [-0.15, -0.1) is 0 Å². The van der Waals surface area contributed by atoms with Gasteiger partial charge in [0.1, 0.15) is 0 Å². The first kappa shape index (κ1) is 14.8. The van der Waals surface area contributed by atoms with E-state index in [0.29, 0.717) is 12.6 Å². The Balaban J connectivity index is 1.94. The van der Waals surface area contributed by atoms with Crippen LogP contribution >= 0.6 is 0 Å². The molecule has 20 heavy (non-hydrogen) atoms. The molecule has 0 spiro atoms. The van der Waals surface area contributed by atoms with Gasteiger partial charge in [-0.1, -0.05) is 6.92 Å². The van der Waals surface area contributed by atoms with Crippen molar-refractivity contribution in [3.63, 3.8) is 0 Å². The van der Waals surface area contributed by atoms with Crippen LogP contribution in [0.25, 0.3) is 0 Å². The average Bonchev–Trinajstić information content (AvgIpc) is 2.88. The van der Waals surface area contributed by atoms with Crippen LogP contribution in [0.3, 0.4) is 0 Å². The minimum atomic E-state index is 0.0399. The second-order valence-corrected chi connectivity index (χ2v) is 5.33. The summed E-state index contributed by atoms with van der Waals surface area (Å²) in [6, 6.07) is 2.48. The molecule has 1 amide bonds. The SMILES string of the molecule is CCC1CCCN1CC(=O)Nc1cnc(C)c(NC)c1. The summed E-state index contributed by atoms with van der Waals surface area (Å²) in [4.78, 5) is 18.7. The van der Waals surface area contributed by atoms with Gasteiger partial charge in [-0.25, -0.2) is 0 Å². The summed E-state index contributed by atoms with van der Waals surface area (Å²) in [5, 5.41) is 6.01. The van der Waals surface area contributed by atoms with Gasteiger partial charge in [0.25, 0.3) is 0 Å². The van der Waals surface area contributed by atoms with Crippen molar-refractivity contribution in [3.8, 4) is 0 Å². The lowest BCUT2D eigenvalue weighted by Crippen LogP contribution is -2.36. The molecule has 2 rings (SSSR count). The predicted octanol–water partition coefficient (Wildman–Crippen LogP) is 2.24. The molecule has 1 fully saturated rings. The summed E-state index contributed by atoms with van der Waals surface area (Å²) >= 11 is 0. The van der Waals surface area contributed by atoms with E-state index in [2.05, 4.69) is 27.4 Å². The molecule has 110 valence electrons. The number of likely N-dealkylation sites (tertiary alicyclic amines) is 1. The smallest absolute Gasteiger partial charge is 0.238 e. The third-order valence-electron chi connectivity index (χ3n) is 3.96. The van der Waals surface area contributed by atoms with E-state index in [0.717, 1.165) is 30.0 Å². The number of amides is 1. The second kappa shape index (κ2) is 6.70. The van der Waals surface area contributed by atoms with Gasteiger partial charge in [-0.3, -0.25) is 14.7 Å². The third kappa shape index (κ3) is 3.48. The molecule has 1 aliphatic rings. The molecule has 5 nitrogen and oxygen atoms in total. The third-order valence-corrected chi connectivity index (χ3v) is 3.96. The summed E-state index contributed by atoms with van der Waals surface area (Å²) in [6.07, 6.45) is 5.22. The van der Waals surface area contributed by atoms with Gasteiger partial charge in [0.2, 0.25) is 5.91 Å². The Bertz CT molecular complexity index is 475. The number of rotatable bonds is 5. The maximum Gasteiger partial charge on any atom is 0.238 e. The minimum absolute atomic E-state index is 0.0399. The molecule has 2 N–H and O–H groups in total. The lowest BCUT2D eigenvalue weighted by molar-refractivity contribution is -0.117. The van der Waals surface area contributed by atoms with Crippen molar-refractivity contribution in [2.75, 3.05) is 30.8 Å². The normalized spacial score (nSPS) is 19.1. The summed E-state index contributed by atoms with van der Waals surface area (Å²) < 4.78 is 0. The fraction of sp³-hybridized carbons (Fsp3) is 0.600.